The smallest absolute Gasteiger partial charge is 0.243 e. The Morgan fingerprint density at radius 1 is 1.25 bits per heavy atom. The molecule has 1 aromatic carbocycles. The van der Waals surface area contributed by atoms with Gasteiger partial charge in [0.15, 0.2) is 11.6 Å². The molecule has 1 aromatic rings. The second-order valence-electron chi connectivity index (χ2n) is 5.83. The SMILES string of the molecule is C=CC(=O)NCC(=O)CCCOc1ccc(C(=O)C(C)(C)O)cc1. The Bertz CT molecular complexity index is 599. The minimum Gasteiger partial charge on any atom is -0.494 e. The summed E-state index contributed by atoms with van der Waals surface area (Å²) < 4.78 is 5.49. The molecule has 0 bridgehead atoms. The summed E-state index contributed by atoms with van der Waals surface area (Å²) >= 11 is 0. The molecule has 6 nitrogen and oxygen atoms in total. The molecule has 0 saturated heterocycles. The fourth-order valence-corrected chi connectivity index (χ4v) is 1.86. The lowest BCUT2D eigenvalue weighted by Gasteiger charge is -2.15. The van der Waals surface area contributed by atoms with E-state index in [4.69, 9.17) is 4.74 Å². The Labute approximate surface area is 141 Å². The largest absolute Gasteiger partial charge is 0.494 e. The predicted molar refractivity (Wildman–Crippen MR) is 90.0 cm³/mol. The van der Waals surface area contributed by atoms with Crippen LogP contribution >= 0.6 is 0 Å². The average molecular weight is 333 g/mol. The molecule has 0 unspecified atom stereocenters. The van der Waals surface area contributed by atoms with E-state index in [0.29, 0.717) is 30.8 Å². The molecular formula is C18H23NO5. The number of aliphatic hydroxyl groups is 1. The van der Waals surface area contributed by atoms with Crippen LogP contribution < -0.4 is 10.1 Å². The van der Waals surface area contributed by atoms with Gasteiger partial charge in [0.1, 0.15) is 11.4 Å². The number of rotatable bonds is 10. The van der Waals surface area contributed by atoms with Gasteiger partial charge in [0, 0.05) is 12.0 Å². The number of Topliss-reactive ketones (excluding diaryl/α,β-unsaturated/α-hetero) is 2. The normalized spacial score (nSPS) is 10.8. The van der Waals surface area contributed by atoms with Crippen molar-refractivity contribution in [3.63, 3.8) is 0 Å². The van der Waals surface area contributed by atoms with Gasteiger partial charge in [-0.25, -0.2) is 0 Å². The van der Waals surface area contributed by atoms with Crippen molar-refractivity contribution >= 4 is 17.5 Å². The maximum atomic E-state index is 11.9. The van der Waals surface area contributed by atoms with Gasteiger partial charge in [-0.1, -0.05) is 6.58 Å². The van der Waals surface area contributed by atoms with E-state index < -0.39 is 5.60 Å². The van der Waals surface area contributed by atoms with Crippen LogP contribution in [0, 0.1) is 0 Å². The molecule has 0 spiro atoms. The molecule has 1 amide bonds. The first-order chi connectivity index (χ1) is 11.2. The number of amides is 1. The van der Waals surface area contributed by atoms with Crippen molar-refractivity contribution in [2.24, 2.45) is 0 Å². The molecule has 130 valence electrons. The van der Waals surface area contributed by atoms with Crippen LogP contribution in [0.15, 0.2) is 36.9 Å². The van der Waals surface area contributed by atoms with Crippen molar-refractivity contribution in [2.75, 3.05) is 13.2 Å². The van der Waals surface area contributed by atoms with E-state index in [9.17, 15) is 19.5 Å². The Hall–Kier alpha value is -2.47. The van der Waals surface area contributed by atoms with E-state index in [1.807, 2.05) is 0 Å². The highest BCUT2D eigenvalue weighted by atomic mass is 16.5. The van der Waals surface area contributed by atoms with Gasteiger partial charge in [-0.3, -0.25) is 14.4 Å². The van der Waals surface area contributed by atoms with E-state index in [2.05, 4.69) is 11.9 Å². The highest BCUT2D eigenvalue weighted by Crippen LogP contribution is 2.17. The predicted octanol–water partition coefficient (Wildman–Crippen LogP) is 1.67. The third-order valence-electron chi connectivity index (χ3n) is 3.19. The molecule has 0 aliphatic heterocycles. The van der Waals surface area contributed by atoms with Crippen LogP contribution in [0.2, 0.25) is 0 Å². The van der Waals surface area contributed by atoms with Gasteiger partial charge in [-0.2, -0.15) is 0 Å². The van der Waals surface area contributed by atoms with Crippen LogP contribution in [0.25, 0.3) is 0 Å². The molecule has 0 fully saturated rings. The second-order valence-corrected chi connectivity index (χ2v) is 5.83. The molecule has 1 rings (SSSR count). The monoisotopic (exact) mass is 333 g/mol. The number of hydrogen-bond donors (Lipinski definition) is 2. The Kier molecular flexibility index (Phi) is 7.32. The van der Waals surface area contributed by atoms with Crippen LogP contribution in [0.1, 0.15) is 37.0 Å². The van der Waals surface area contributed by atoms with Gasteiger partial charge in [-0.05, 0) is 50.6 Å². The molecule has 0 radical (unpaired) electrons. The summed E-state index contributed by atoms with van der Waals surface area (Å²) in [6.45, 7) is 6.51. The summed E-state index contributed by atoms with van der Waals surface area (Å²) in [6.07, 6.45) is 1.93. The molecule has 6 heteroatoms. The molecule has 0 aliphatic rings. The minimum atomic E-state index is -1.41. The zero-order valence-corrected chi connectivity index (χ0v) is 14.0. The van der Waals surface area contributed by atoms with Crippen LogP contribution in [0.5, 0.6) is 5.75 Å². The van der Waals surface area contributed by atoms with E-state index in [0.717, 1.165) is 6.08 Å². The molecule has 0 atom stereocenters. The van der Waals surface area contributed by atoms with Gasteiger partial charge in [0.25, 0.3) is 0 Å². The molecule has 2 N–H and O–H groups in total. The lowest BCUT2D eigenvalue weighted by molar-refractivity contribution is -0.122. The van der Waals surface area contributed by atoms with Crippen molar-refractivity contribution in [1.82, 2.24) is 5.32 Å². The molecule has 0 saturated carbocycles. The topological polar surface area (TPSA) is 92.7 Å². The van der Waals surface area contributed by atoms with Gasteiger partial charge >= 0.3 is 0 Å². The summed E-state index contributed by atoms with van der Waals surface area (Å²) in [5, 5.41) is 12.1. The van der Waals surface area contributed by atoms with Gasteiger partial charge < -0.3 is 15.2 Å². The number of carbonyl (C=O) groups excluding carboxylic acids is 3. The number of nitrogens with one attached hydrogen (secondary N) is 1. The van der Waals surface area contributed by atoms with Crippen molar-refractivity contribution in [1.29, 1.82) is 0 Å². The fraction of sp³-hybridized carbons (Fsp3) is 0.389. The van der Waals surface area contributed by atoms with Crippen molar-refractivity contribution in [3.05, 3.63) is 42.5 Å². The first-order valence-electron chi connectivity index (χ1n) is 7.66. The molecular weight excluding hydrogens is 310 g/mol. The van der Waals surface area contributed by atoms with Gasteiger partial charge in [-0.15, -0.1) is 0 Å². The third kappa shape index (κ3) is 6.75. The quantitative estimate of drug-likeness (QED) is 0.386. The number of ether oxygens (including phenoxy) is 1. The summed E-state index contributed by atoms with van der Waals surface area (Å²) in [5.74, 6) is -0.240. The number of carbonyl (C=O) groups is 3. The average Bonchev–Trinajstić information content (AvgIpc) is 2.55. The molecule has 0 aromatic heterocycles. The first-order valence-corrected chi connectivity index (χ1v) is 7.66. The highest BCUT2D eigenvalue weighted by molar-refractivity contribution is 6.01. The summed E-state index contributed by atoms with van der Waals surface area (Å²) in [7, 11) is 0. The second kappa shape index (κ2) is 8.98. The number of hydrogen-bond acceptors (Lipinski definition) is 5. The third-order valence-corrected chi connectivity index (χ3v) is 3.19. The lowest BCUT2D eigenvalue weighted by Crippen LogP contribution is -2.30. The number of ketones is 2. The van der Waals surface area contributed by atoms with Crippen LogP contribution in [0.4, 0.5) is 0 Å². The van der Waals surface area contributed by atoms with Gasteiger partial charge in [0.2, 0.25) is 5.91 Å². The summed E-state index contributed by atoms with van der Waals surface area (Å²) in [5.41, 5.74) is -1.01. The molecule has 0 heterocycles. The van der Waals surface area contributed by atoms with Gasteiger partial charge in [0.05, 0.1) is 13.2 Å². The maximum absolute atomic E-state index is 11.9. The maximum Gasteiger partial charge on any atom is 0.243 e. The van der Waals surface area contributed by atoms with Crippen LogP contribution in [0.3, 0.4) is 0 Å². The molecule has 0 aliphatic carbocycles. The Balaban J connectivity index is 2.33. The Morgan fingerprint density at radius 2 is 1.88 bits per heavy atom. The standard InChI is InChI=1S/C18H23NO5/c1-4-16(21)19-12-14(20)6-5-11-24-15-9-7-13(8-10-15)17(22)18(2,3)23/h4,7-10,23H,1,5-6,11-12H2,2-3H3,(H,19,21). The van der Waals surface area contributed by atoms with E-state index in [1.165, 1.54) is 13.8 Å². The van der Waals surface area contributed by atoms with E-state index in [1.54, 1.807) is 24.3 Å². The Morgan fingerprint density at radius 3 is 2.42 bits per heavy atom. The fourth-order valence-electron chi connectivity index (χ4n) is 1.86. The molecule has 24 heavy (non-hydrogen) atoms. The zero-order chi connectivity index (χ0) is 18.2. The number of benzene rings is 1. The van der Waals surface area contributed by atoms with E-state index >= 15 is 0 Å². The zero-order valence-electron chi connectivity index (χ0n) is 14.0. The lowest BCUT2D eigenvalue weighted by atomic mass is 9.97. The van der Waals surface area contributed by atoms with E-state index in [-0.39, 0.29) is 24.0 Å². The highest BCUT2D eigenvalue weighted by Gasteiger charge is 2.24. The van der Waals surface area contributed by atoms with Crippen LogP contribution in [-0.4, -0.2) is 41.3 Å². The van der Waals surface area contributed by atoms with Crippen molar-refractivity contribution in [3.8, 4) is 5.75 Å². The van der Waals surface area contributed by atoms with Crippen molar-refractivity contribution < 1.29 is 24.2 Å². The van der Waals surface area contributed by atoms with Crippen LogP contribution in [-0.2, 0) is 9.59 Å². The van der Waals surface area contributed by atoms with Crippen molar-refractivity contribution in [2.45, 2.75) is 32.3 Å². The summed E-state index contributed by atoms with van der Waals surface area (Å²) in [4.78, 5) is 34.3. The first kappa shape index (κ1) is 19.6. The summed E-state index contributed by atoms with van der Waals surface area (Å²) in [6, 6.07) is 6.47. The minimum absolute atomic E-state index is 0.0153.